The third-order valence-electron chi connectivity index (χ3n) is 5.83. The molecule has 2 atom stereocenters. The molecule has 0 aliphatic carbocycles. The summed E-state index contributed by atoms with van der Waals surface area (Å²) >= 11 is 6.27. The number of nitrogens with one attached hydrogen (secondary N) is 2. The number of carbonyl (C=O) groups excluding carboxylic acids is 1. The highest BCUT2D eigenvalue weighted by Crippen LogP contribution is 2.36. The monoisotopic (exact) mass is 518 g/mol. The van der Waals surface area contributed by atoms with Crippen molar-refractivity contribution in [1.82, 2.24) is 5.32 Å². The molecule has 1 amide bonds. The molecule has 0 fully saturated rings. The minimum Gasteiger partial charge on any atom is -0.480 e. The summed E-state index contributed by atoms with van der Waals surface area (Å²) < 4.78 is 41.4. The van der Waals surface area contributed by atoms with Gasteiger partial charge in [-0.15, -0.1) is 0 Å². The van der Waals surface area contributed by atoms with E-state index in [4.69, 9.17) is 16.7 Å². The van der Waals surface area contributed by atoms with Gasteiger partial charge in [-0.05, 0) is 79.8 Å². The van der Waals surface area contributed by atoms with E-state index in [1.54, 1.807) is 18.2 Å². The number of hydrogen-bond acceptors (Lipinski definition) is 3. The second kappa shape index (κ2) is 10.6. The van der Waals surface area contributed by atoms with Crippen LogP contribution in [0.4, 0.5) is 18.9 Å². The van der Waals surface area contributed by atoms with Gasteiger partial charge in [0.1, 0.15) is 6.04 Å². The van der Waals surface area contributed by atoms with E-state index in [-0.39, 0.29) is 11.6 Å². The lowest BCUT2D eigenvalue weighted by Gasteiger charge is -2.19. The molecule has 3 N–H and O–H groups in total. The molecule has 0 aromatic heterocycles. The van der Waals surface area contributed by atoms with Crippen LogP contribution in [-0.4, -0.2) is 23.0 Å². The molecule has 3 aromatic carbocycles. The van der Waals surface area contributed by atoms with Crippen molar-refractivity contribution in [1.29, 1.82) is 0 Å². The summed E-state index contributed by atoms with van der Waals surface area (Å²) in [7, 11) is 0. The maximum Gasteiger partial charge on any atom is 0.417 e. The molecule has 1 unspecified atom stereocenters. The van der Waals surface area contributed by atoms with Gasteiger partial charge in [-0.2, -0.15) is 13.2 Å². The normalized spacial score (nSPS) is 13.1. The highest BCUT2D eigenvalue weighted by molar-refractivity contribution is 6.32. The van der Waals surface area contributed by atoms with Gasteiger partial charge in [0.15, 0.2) is 0 Å². The van der Waals surface area contributed by atoms with E-state index in [1.165, 1.54) is 13.0 Å². The van der Waals surface area contributed by atoms with Crippen molar-refractivity contribution in [2.75, 3.05) is 5.32 Å². The number of aliphatic carboxylic acids is 1. The number of carboxylic acids is 1. The van der Waals surface area contributed by atoms with Gasteiger partial charge in [-0.3, -0.25) is 9.59 Å². The summed E-state index contributed by atoms with van der Waals surface area (Å²) in [5, 5.41) is 15.1. The molecule has 3 rings (SSSR count). The van der Waals surface area contributed by atoms with Crippen molar-refractivity contribution < 1.29 is 27.9 Å². The number of alkyl halides is 3. The Bertz CT molecular complexity index is 1280. The smallest absolute Gasteiger partial charge is 0.417 e. The first-order valence-electron chi connectivity index (χ1n) is 11.2. The van der Waals surface area contributed by atoms with E-state index >= 15 is 0 Å². The average molecular weight is 519 g/mol. The number of carboxylic acid groups (broad SMARTS) is 1. The number of hydrogen-bond donors (Lipinski definition) is 3. The van der Waals surface area contributed by atoms with Gasteiger partial charge in [0.2, 0.25) is 0 Å². The number of halogens is 4. The van der Waals surface area contributed by atoms with Crippen molar-refractivity contribution in [3.05, 3.63) is 87.4 Å². The number of aryl methyl sites for hydroxylation is 2. The van der Waals surface area contributed by atoms with Crippen molar-refractivity contribution in [3.63, 3.8) is 0 Å². The van der Waals surface area contributed by atoms with Gasteiger partial charge in [-0.25, -0.2) is 0 Å². The predicted octanol–water partition coefficient (Wildman–Crippen LogP) is 7.02. The van der Waals surface area contributed by atoms with E-state index in [1.807, 2.05) is 39.0 Å². The molecule has 5 nitrogen and oxygen atoms in total. The van der Waals surface area contributed by atoms with Crippen molar-refractivity contribution in [2.24, 2.45) is 0 Å². The van der Waals surface area contributed by atoms with E-state index < -0.39 is 35.2 Å². The third kappa shape index (κ3) is 6.18. The summed E-state index contributed by atoms with van der Waals surface area (Å²) in [5.41, 5.74) is 2.63. The van der Waals surface area contributed by atoms with E-state index in [9.17, 15) is 22.8 Å². The molecule has 0 saturated heterocycles. The van der Waals surface area contributed by atoms with Crippen molar-refractivity contribution >= 4 is 29.2 Å². The lowest BCUT2D eigenvalue weighted by atomic mass is 9.97. The van der Waals surface area contributed by atoms with Crippen LogP contribution in [0.2, 0.25) is 5.02 Å². The zero-order valence-corrected chi connectivity index (χ0v) is 20.9. The van der Waals surface area contributed by atoms with Crippen LogP contribution in [0.25, 0.3) is 11.1 Å². The van der Waals surface area contributed by atoms with Crippen molar-refractivity contribution in [3.8, 4) is 11.1 Å². The number of benzene rings is 3. The maximum atomic E-state index is 13.8. The summed E-state index contributed by atoms with van der Waals surface area (Å²) in [5.74, 6) is -2.46. The summed E-state index contributed by atoms with van der Waals surface area (Å²) in [6.45, 7) is 7.00. The highest BCUT2D eigenvalue weighted by atomic mass is 35.5. The van der Waals surface area contributed by atoms with E-state index in [0.29, 0.717) is 16.3 Å². The third-order valence-corrected chi connectivity index (χ3v) is 6.42. The molecule has 9 heteroatoms. The van der Waals surface area contributed by atoms with Crippen LogP contribution < -0.4 is 10.6 Å². The van der Waals surface area contributed by atoms with Crippen LogP contribution in [0, 0.1) is 13.8 Å². The zero-order chi connectivity index (χ0) is 26.8. The summed E-state index contributed by atoms with van der Waals surface area (Å²) in [6, 6.07) is 12.9. The van der Waals surface area contributed by atoms with Crippen molar-refractivity contribution in [2.45, 2.75) is 46.0 Å². The molecule has 0 saturated carbocycles. The van der Waals surface area contributed by atoms with Gasteiger partial charge < -0.3 is 15.7 Å². The maximum absolute atomic E-state index is 13.8. The number of carbonyl (C=O) groups is 2. The minimum atomic E-state index is -4.82. The Kier molecular flexibility index (Phi) is 7.99. The minimum absolute atomic E-state index is 0.0945. The summed E-state index contributed by atoms with van der Waals surface area (Å²) in [6.07, 6.45) is -4.82. The fourth-order valence-corrected chi connectivity index (χ4v) is 3.95. The van der Waals surface area contributed by atoms with E-state index in [0.717, 1.165) is 28.8 Å². The Morgan fingerprint density at radius 3 is 2.14 bits per heavy atom. The lowest BCUT2D eigenvalue weighted by molar-refractivity contribution is -0.138. The predicted molar refractivity (Wildman–Crippen MR) is 134 cm³/mol. The molecule has 0 spiro atoms. The summed E-state index contributed by atoms with van der Waals surface area (Å²) in [4.78, 5) is 23.3. The Morgan fingerprint density at radius 2 is 1.56 bits per heavy atom. The zero-order valence-electron chi connectivity index (χ0n) is 20.1. The molecule has 0 heterocycles. The van der Waals surface area contributed by atoms with Crippen LogP contribution >= 0.6 is 11.6 Å². The largest absolute Gasteiger partial charge is 0.480 e. The standard InChI is InChI=1S/C27H26ClF3N2O3/c1-14-10-20(11-15(2)24(14)28)16(3)32-21-7-5-6-18(12-21)19-8-9-22(23(13-19)27(29,30)31)25(34)33-17(4)26(35)36/h5-13,16-17,32H,1-4H3,(H,33,34)(H,35,36)/t16?,17-/m0/s1. The Hall–Kier alpha value is -3.52. The second-order valence-electron chi connectivity index (χ2n) is 8.71. The SMILES string of the molecule is Cc1cc(C(C)Nc2cccc(-c3ccc(C(=O)N[C@@H](C)C(=O)O)c(C(F)(F)F)c3)c2)cc(C)c1Cl. The number of anilines is 1. The highest BCUT2D eigenvalue weighted by Gasteiger charge is 2.36. The second-order valence-corrected chi connectivity index (χ2v) is 9.08. The molecular weight excluding hydrogens is 493 g/mol. The van der Waals surface area contributed by atoms with Gasteiger partial charge >= 0.3 is 12.1 Å². The molecular formula is C27H26ClF3N2O3. The molecule has 0 radical (unpaired) electrons. The molecule has 3 aromatic rings. The first kappa shape index (κ1) is 27.1. The quantitative estimate of drug-likeness (QED) is 0.314. The Morgan fingerprint density at radius 1 is 0.944 bits per heavy atom. The average Bonchev–Trinajstić information content (AvgIpc) is 2.81. The Labute approximate surface area is 212 Å². The van der Waals surface area contributed by atoms with Crippen LogP contribution in [0.5, 0.6) is 0 Å². The van der Waals surface area contributed by atoms with Gasteiger partial charge in [0.05, 0.1) is 11.1 Å². The molecule has 36 heavy (non-hydrogen) atoms. The molecule has 0 aliphatic heterocycles. The van der Waals surface area contributed by atoms with Crippen LogP contribution in [0.1, 0.15) is 52.5 Å². The van der Waals surface area contributed by atoms with Gasteiger partial charge in [0, 0.05) is 16.8 Å². The molecule has 0 bridgehead atoms. The first-order valence-corrected chi connectivity index (χ1v) is 11.5. The lowest BCUT2D eigenvalue weighted by Crippen LogP contribution is -2.39. The first-order chi connectivity index (χ1) is 16.8. The van der Waals surface area contributed by atoms with Gasteiger partial charge in [0.25, 0.3) is 5.91 Å². The van der Waals surface area contributed by atoms with Crippen LogP contribution in [0.3, 0.4) is 0 Å². The molecule has 0 aliphatic rings. The Balaban J connectivity index is 1.92. The number of amides is 1. The fraction of sp³-hybridized carbons (Fsp3) is 0.259. The number of rotatable bonds is 7. The van der Waals surface area contributed by atoms with Crippen LogP contribution in [-0.2, 0) is 11.0 Å². The van der Waals surface area contributed by atoms with E-state index in [2.05, 4.69) is 10.6 Å². The topological polar surface area (TPSA) is 78.4 Å². The molecule has 190 valence electrons. The fourth-order valence-electron chi connectivity index (χ4n) is 3.84. The van der Waals surface area contributed by atoms with Gasteiger partial charge in [-0.1, -0.05) is 41.9 Å². The van der Waals surface area contributed by atoms with Crippen LogP contribution in [0.15, 0.2) is 54.6 Å².